The number of rotatable bonds is 5. The molecule has 0 radical (unpaired) electrons. The van der Waals surface area contributed by atoms with Crippen LogP contribution < -0.4 is 5.73 Å². The van der Waals surface area contributed by atoms with Crippen LogP contribution in [0, 0.1) is 0 Å². The van der Waals surface area contributed by atoms with E-state index in [0.717, 1.165) is 12.8 Å². The number of hydrogen-bond donors (Lipinski definition) is 1. The van der Waals surface area contributed by atoms with Gasteiger partial charge >= 0.3 is 0 Å². The summed E-state index contributed by atoms with van der Waals surface area (Å²) < 4.78 is 0. The van der Waals surface area contributed by atoms with Gasteiger partial charge in [-0.1, -0.05) is 67.6 Å². The number of nitrogens with two attached hydrogens (primary N) is 1. The molecule has 1 atom stereocenters. The van der Waals surface area contributed by atoms with Gasteiger partial charge < -0.3 is 5.73 Å². The van der Waals surface area contributed by atoms with Crippen molar-refractivity contribution in [3.63, 3.8) is 0 Å². The molecular weight excluding hydrogens is 254 g/mol. The maximum atomic E-state index is 6.15. The largest absolute Gasteiger partial charge is 0.328 e. The van der Waals surface area contributed by atoms with Crippen molar-refractivity contribution < 1.29 is 0 Å². The molecular formula is C17H22ClN. The molecule has 0 spiro atoms. The van der Waals surface area contributed by atoms with Gasteiger partial charge in [0.25, 0.3) is 0 Å². The molecule has 0 heterocycles. The Kier molecular flexibility index (Phi) is 6.61. The van der Waals surface area contributed by atoms with Crippen LogP contribution in [0.3, 0.4) is 0 Å². The summed E-state index contributed by atoms with van der Waals surface area (Å²) in [7, 11) is 0. The van der Waals surface area contributed by atoms with E-state index in [1.807, 2.05) is 0 Å². The standard InChI is InChI=1S/C17H21N.ClH/c1-2-16(18)13-17(14-9-5-3-6-10-14)15-11-7-4-8-12-15;/h3-12,16-17H,2,13,18H2,1H3;1H. The first-order valence-corrected chi connectivity index (χ1v) is 6.66. The van der Waals surface area contributed by atoms with Crippen molar-refractivity contribution in [3.05, 3.63) is 71.8 Å². The fourth-order valence-electron chi connectivity index (χ4n) is 2.30. The molecule has 2 heteroatoms. The molecule has 0 aromatic heterocycles. The Morgan fingerprint density at radius 3 is 1.63 bits per heavy atom. The molecule has 2 aromatic rings. The Balaban J connectivity index is 0.00000180. The third-order valence-corrected chi connectivity index (χ3v) is 3.47. The van der Waals surface area contributed by atoms with Crippen LogP contribution in [-0.2, 0) is 0 Å². The van der Waals surface area contributed by atoms with E-state index in [1.54, 1.807) is 0 Å². The van der Waals surface area contributed by atoms with Crippen molar-refractivity contribution in [1.82, 2.24) is 0 Å². The van der Waals surface area contributed by atoms with Crippen molar-refractivity contribution in [2.24, 2.45) is 5.73 Å². The van der Waals surface area contributed by atoms with Gasteiger partial charge in [0.2, 0.25) is 0 Å². The molecule has 0 amide bonds. The number of halogens is 1. The SMILES string of the molecule is CCC(N)CC(c1ccccc1)c1ccccc1.Cl. The first-order chi connectivity index (χ1) is 8.81. The number of hydrogen-bond acceptors (Lipinski definition) is 1. The lowest BCUT2D eigenvalue weighted by atomic mass is 9.85. The molecule has 0 saturated heterocycles. The van der Waals surface area contributed by atoms with E-state index < -0.39 is 0 Å². The average Bonchev–Trinajstić information content (AvgIpc) is 2.46. The number of benzene rings is 2. The van der Waals surface area contributed by atoms with Crippen LogP contribution in [-0.4, -0.2) is 6.04 Å². The van der Waals surface area contributed by atoms with Gasteiger partial charge in [-0.3, -0.25) is 0 Å². The van der Waals surface area contributed by atoms with E-state index in [2.05, 4.69) is 67.6 Å². The molecule has 0 aliphatic carbocycles. The van der Waals surface area contributed by atoms with E-state index in [-0.39, 0.29) is 18.4 Å². The minimum Gasteiger partial charge on any atom is -0.328 e. The Labute approximate surface area is 122 Å². The molecule has 2 N–H and O–H groups in total. The van der Waals surface area contributed by atoms with E-state index in [0.29, 0.717) is 5.92 Å². The molecule has 0 saturated carbocycles. The van der Waals surface area contributed by atoms with E-state index in [4.69, 9.17) is 5.73 Å². The van der Waals surface area contributed by atoms with Crippen LogP contribution in [0.2, 0.25) is 0 Å². The highest BCUT2D eigenvalue weighted by Crippen LogP contribution is 2.29. The lowest BCUT2D eigenvalue weighted by Crippen LogP contribution is -2.22. The normalized spacial score (nSPS) is 11.9. The second kappa shape index (κ2) is 7.98. The van der Waals surface area contributed by atoms with Gasteiger partial charge in [-0.05, 0) is 24.0 Å². The van der Waals surface area contributed by atoms with Gasteiger partial charge in [0.15, 0.2) is 0 Å². The first-order valence-electron chi connectivity index (χ1n) is 6.66. The summed E-state index contributed by atoms with van der Waals surface area (Å²) >= 11 is 0. The van der Waals surface area contributed by atoms with Crippen molar-refractivity contribution in [3.8, 4) is 0 Å². The zero-order valence-electron chi connectivity index (χ0n) is 11.3. The van der Waals surface area contributed by atoms with Gasteiger partial charge in [-0.25, -0.2) is 0 Å². The smallest absolute Gasteiger partial charge is 0.0104 e. The predicted molar refractivity (Wildman–Crippen MR) is 84.9 cm³/mol. The van der Waals surface area contributed by atoms with Gasteiger partial charge in [-0.15, -0.1) is 12.4 Å². The van der Waals surface area contributed by atoms with Gasteiger partial charge in [0, 0.05) is 12.0 Å². The second-order valence-electron chi connectivity index (χ2n) is 4.78. The Bertz CT molecular complexity index is 416. The van der Waals surface area contributed by atoms with Crippen LogP contribution in [0.5, 0.6) is 0 Å². The second-order valence-corrected chi connectivity index (χ2v) is 4.78. The lowest BCUT2D eigenvalue weighted by molar-refractivity contribution is 0.555. The summed E-state index contributed by atoms with van der Waals surface area (Å²) in [4.78, 5) is 0. The van der Waals surface area contributed by atoms with E-state index in [1.165, 1.54) is 11.1 Å². The van der Waals surface area contributed by atoms with E-state index in [9.17, 15) is 0 Å². The summed E-state index contributed by atoms with van der Waals surface area (Å²) in [5, 5.41) is 0. The van der Waals surface area contributed by atoms with Crippen LogP contribution in [0.4, 0.5) is 0 Å². The Morgan fingerprint density at radius 2 is 1.26 bits per heavy atom. The molecule has 102 valence electrons. The molecule has 0 aliphatic heterocycles. The molecule has 0 fully saturated rings. The molecule has 1 nitrogen and oxygen atoms in total. The highest BCUT2D eigenvalue weighted by molar-refractivity contribution is 5.85. The fraction of sp³-hybridized carbons (Fsp3) is 0.294. The minimum atomic E-state index is 0. The summed E-state index contributed by atoms with van der Waals surface area (Å²) in [5.41, 5.74) is 8.86. The van der Waals surface area contributed by atoms with Gasteiger partial charge in [-0.2, -0.15) is 0 Å². The molecule has 2 aromatic carbocycles. The van der Waals surface area contributed by atoms with Crippen LogP contribution >= 0.6 is 12.4 Å². The zero-order valence-corrected chi connectivity index (χ0v) is 12.1. The monoisotopic (exact) mass is 275 g/mol. The van der Waals surface area contributed by atoms with Crippen LogP contribution in [0.25, 0.3) is 0 Å². The third-order valence-electron chi connectivity index (χ3n) is 3.47. The predicted octanol–water partition coefficient (Wildman–Crippen LogP) is 4.37. The fourth-order valence-corrected chi connectivity index (χ4v) is 2.30. The Hall–Kier alpha value is -1.31. The van der Waals surface area contributed by atoms with Crippen LogP contribution in [0.15, 0.2) is 60.7 Å². The molecule has 19 heavy (non-hydrogen) atoms. The van der Waals surface area contributed by atoms with Crippen molar-refractivity contribution in [1.29, 1.82) is 0 Å². The highest BCUT2D eigenvalue weighted by atomic mass is 35.5. The minimum absolute atomic E-state index is 0. The van der Waals surface area contributed by atoms with Gasteiger partial charge in [0.05, 0.1) is 0 Å². The summed E-state index contributed by atoms with van der Waals surface area (Å²) in [6.45, 7) is 2.15. The van der Waals surface area contributed by atoms with Crippen LogP contribution in [0.1, 0.15) is 36.8 Å². The van der Waals surface area contributed by atoms with Crippen molar-refractivity contribution in [2.45, 2.75) is 31.7 Å². The third kappa shape index (κ3) is 4.38. The zero-order chi connectivity index (χ0) is 12.8. The Morgan fingerprint density at radius 1 is 0.842 bits per heavy atom. The first kappa shape index (κ1) is 15.7. The molecule has 0 aliphatic rings. The summed E-state index contributed by atoms with van der Waals surface area (Å²) in [6, 6.07) is 21.6. The van der Waals surface area contributed by atoms with Gasteiger partial charge in [0.1, 0.15) is 0 Å². The lowest BCUT2D eigenvalue weighted by Gasteiger charge is -2.21. The molecule has 1 unspecified atom stereocenters. The maximum absolute atomic E-state index is 6.15. The maximum Gasteiger partial charge on any atom is 0.0104 e. The van der Waals surface area contributed by atoms with E-state index >= 15 is 0 Å². The average molecular weight is 276 g/mol. The highest BCUT2D eigenvalue weighted by Gasteiger charge is 2.16. The quantitative estimate of drug-likeness (QED) is 0.862. The summed E-state index contributed by atoms with van der Waals surface area (Å²) in [5.74, 6) is 0.405. The molecule has 2 rings (SSSR count). The summed E-state index contributed by atoms with van der Waals surface area (Å²) in [6.07, 6.45) is 2.03. The topological polar surface area (TPSA) is 26.0 Å². The van der Waals surface area contributed by atoms with Crippen molar-refractivity contribution >= 4 is 12.4 Å². The molecule has 0 bridgehead atoms. The van der Waals surface area contributed by atoms with Crippen molar-refractivity contribution in [2.75, 3.05) is 0 Å².